The van der Waals surface area contributed by atoms with Crippen LogP contribution in [0.15, 0.2) is 29.2 Å². The Labute approximate surface area is 126 Å². The summed E-state index contributed by atoms with van der Waals surface area (Å²) >= 11 is 8.27. The lowest BCUT2D eigenvalue weighted by atomic mass is 10.3. The Kier molecular flexibility index (Phi) is 6.04. The van der Waals surface area contributed by atoms with E-state index in [-0.39, 0.29) is 10.5 Å². The molecule has 0 atom stereocenters. The normalized spacial score (nSPS) is 12.2. The van der Waals surface area contributed by atoms with Crippen LogP contribution in [0.3, 0.4) is 0 Å². The summed E-state index contributed by atoms with van der Waals surface area (Å²) in [5.74, 6) is 0.0580. The van der Waals surface area contributed by atoms with Crippen LogP contribution in [-0.4, -0.2) is 51.5 Å². The molecule has 1 aromatic rings. The van der Waals surface area contributed by atoms with Gasteiger partial charge in [-0.3, -0.25) is 4.90 Å². The molecular formula is C12H20N2O2S3. The lowest BCUT2D eigenvalue weighted by molar-refractivity contribution is 0.397. The Balaban J connectivity index is 2.77. The van der Waals surface area contributed by atoms with Gasteiger partial charge in [0.15, 0.2) is 9.84 Å². The topological polar surface area (TPSA) is 40.6 Å². The summed E-state index contributed by atoms with van der Waals surface area (Å²) in [5, 5.41) is 0. The lowest BCUT2D eigenvalue weighted by Crippen LogP contribution is -2.29. The summed E-state index contributed by atoms with van der Waals surface area (Å²) in [6, 6.07) is 6.89. The van der Waals surface area contributed by atoms with Crippen LogP contribution in [-0.2, 0) is 9.84 Å². The maximum Gasteiger partial charge on any atom is 0.179 e. The Morgan fingerprint density at radius 2 is 1.63 bits per heavy atom. The van der Waals surface area contributed by atoms with Crippen LogP contribution in [0.5, 0.6) is 0 Å². The van der Waals surface area contributed by atoms with Gasteiger partial charge in [0.25, 0.3) is 0 Å². The van der Waals surface area contributed by atoms with Crippen LogP contribution in [0, 0.1) is 0 Å². The van der Waals surface area contributed by atoms with Crippen LogP contribution in [0.25, 0.3) is 0 Å². The van der Waals surface area contributed by atoms with Crippen LogP contribution >= 0.6 is 25.3 Å². The van der Waals surface area contributed by atoms with E-state index in [0.717, 1.165) is 5.69 Å². The van der Waals surface area contributed by atoms with Crippen molar-refractivity contribution in [3.8, 4) is 0 Å². The van der Waals surface area contributed by atoms with E-state index in [1.165, 1.54) is 0 Å². The molecule has 0 spiro atoms. The van der Waals surface area contributed by atoms with Crippen molar-refractivity contribution >= 4 is 40.8 Å². The predicted octanol–water partition coefficient (Wildman–Crippen LogP) is 1.60. The minimum Gasteiger partial charge on any atom is -0.378 e. The highest BCUT2D eigenvalue weighted by Crippen LogP contribution is 2.17. The van der Waals surface area contributed by atoms with Crippen molar-refractivity contribution < 1.29 is 8.42 Å². The van der Waals surface area contributed by atoms with E-state index in [1.807, 2.05) is 19.0 Å². The summed E-state index contributed by atoms with van der Waals surface area (Å²) in [6.07, 6.45) is 0. The van der Waals surface area contributed by atoms with Crippen molar-refractivity contribution in [1.29, 1.82) is 0 Å². The minimum atomic E-state index is -3.26. The first-order valence-corrected chi connectivity index (χ1v) is 8.49. The highest BCUT2D eigenvalue weighted by atomic mass is 32.2. The second-order valence-corrected chi connectivity index (χ2v) is 8.03. The lowest BCUT2D eigenvalue weighted by Gasteiger charge is -2.19. The van der Waals surface area contributed by atoms with E-state index in [0.29, 0.717) is 11.4 Å². The third-order valence-corrected chi connectivity index (χ3v) is 5.32. The Hall–Kier alpha value is -0.370. The highest BCUT2D eigenvalue weighted by molar-refractivity contribution is 7.99. The summed E-state index contributed by atoms with van der Waals surface area (Å²) in [7, 11) is 2.36. The largest absolute Gasteiger partial charge is 0.378 e. The van der Waals surface area contributed by atoms with Crippen LogP contribution in [0.1, 0.15) is 0 Å². The standard InChI is InChI=1S/C12H20N2O2S3/c1-13(2)10-4-6-11(7-5-10)19(15,16)9-8-14(3)12(17)18/h4-7,12,17-18H,8-9H2,1-3H3. The van der Waals surface area contributed by atoms with Gasteiger partial charge in [-0.2, -0.15) is 0 Å². The van der Waals surface area contributed by atoms with E-state index in [2.05, 4.69) is 25.3 Å². The summed E-state index contributed by atoms with van der Waals surface area (Å²) in [6.45, 7) is 0.398. The number of thiol groups is 2. The van der Waals surface area contributed by atoms with Crippen molar-refractivity contribution in [2.75, 3.05) is 38.3 Å². The van der Waals surface area contributed by atoms with Crippen molar-refractivity contribution in [3.05, 3.63) is 24.3 Å². The average molecular weight is 321 g/mol. The van der Waals surface area contributed by atoms with Gasteiger partial charge >= 0.3 is 0 Å². The molecule has 0 unspecified atom stereocenters. The van der Waals surface area contributed by atoms with E-state index >= 15 is 0 Å². The van der Waals surface area contributed by atoms with Gasteiger partial charge < -0.3 is 4.90 Å². The van der Waals surface area contributed by atoms with Crippen molar-refractivity contribution in [2.45, 2.75) is 9.60 Å². The molecule has 0 amide bonds. The van der Waals surface area contributed by atoms with Gasteiger partial charge in [0.05, 0.1) is 15.4 Å². The second kappa shape index (κ2) is 6.88. The minimum absolute atomic E-state index is 0.0580. The number of hydrogen-bond acceptors (Lipinski definition) is 6. The first-order valence-electron chi connectivity index (χ1n) is 5.80. The Bertz CT molecular complexity index is 498. The number of benzene rings is 1. The zero-order chi connectivity index (χ0) is 14.6. The van der Waals surface area contributed by atoms with E-state index < -0.39 is 9.84 Å². The SMILES string of the molecule is CN(C)c1ccc(S(=O)(=O)CCN(C)C(S)S)cc1. The van der Waals surface area contributed by atoms with Gasteiger partial charge in [0.1, 0.15) is 0 Å². The molecule has 0 aliphatic carbocycles. The molecule has 1 aromatic carbocycles. The first-order chi connectivity index (χ1) is 8.74. The molecule has 0 aromatic heterocycles. The maximum absolute atomic E-state index is 12.2. The molecule has 108 valence electrons. The van der Waals surface area contributed by atoms with Crippen molar-refractivity contribution in [1.82, 2.24) is 4.90 Å². The molecule has 1 rings (SSSR count). The molecule has 19 heavy (non-hydrogen) atoms. The molecule has 0 aliphatic heterocycles. The fraction of sp³-hybridized carbons (Fsp3) is 0.500. The third kappa shape index (κ3) is 4.91. The molecular weight excluding hydrogens is 300 g/mol. The van der Waals surface area contributed by atoms with Gasteiger partial charge in [-0.15, -0.1) is 25.3 Å². The van der Waals surface area contributed by atoms with Gasteiger partial charge in [0, 0.05) is 26.3 Å². The molecule has 0 aliphatic rings. The number of sulfone groups is 1. The van der Waals surface area contributed by atoms with Gasteiger partial charge in [0.2, 0.25) is 0 Å². The molecule has 0 bridgehead atoms. The molecule has 0 N–H and O–H groups in total. The molecule has 0 radical (unpaired) electrons. The van der Waals surface area contributed by atoms with Crippen LogP contribution < -0.4 is 4.90 Å². The fourth-order valence-corrected chi connectivity index (χ4v) is 2.99. The van der Waals surface area contributed by atoms with Crippen molar-refractivity contribution in [2.24, 2.45) is 0 Å². The summed E-state index contributed by atoms with van der Waals surface area (Å²) < 4.78 is 24.0. The number of nitrogens with zero attached hydrogens (tertiary/aromatic N) is 2. The monoisotopic (exact) mass is 320 g/mol. The maximum atomic E-state index is 12.2. The van der Waals surface area contributed by atoms with E-state index in [1.54, 1.807) is 36.2 Å². The molecule has 0 saturated heterocycles. The first kappa shape index (κ1) is 16.7. The number of rotatable bonds is 6. The third-order valence-electron chi connectivity index (χ3n) is 2.82. The number of hydrogen-bond donors (Lipinski definition) is 2. The molecule has 0 fully saturated rings. The van der Waals surface area contributed by atoms with Gasteiger partial charge in [-0.05, 0) is 31.3 Å². The summed E-state index contributed by atoms with van der Waals surface area (Å²) in [4.78, 5) is 4.04. The number of anilines is 1. The average Bonchev–Trinajstić information content (AvgIpc) is 2.36. The molecule has 0 heterocycles. The van der Waals surface area contributed by atoms with E-state index in [9.17, 15) is 8.42 Å². The fourth-order valence-electron chi connectivity index (χ4n) is 1.45. The predicted molar refractivity (Wildman–Crippen MR) is 87.2 cm³/mol. The highest BCUT2D eigenvalue weighted by Gasteiger charge is 2.16. The zero-order valence-corrected chi connectivity index (χ0v) is 13.9. The molecule has 0 saturated carbocycles. The molecule has 7 heteroatoms. The van der Waals surface area contributed by atoms with Gasteiger partial charge in [-0.25, -0.2) is 8.42 Å². The smallest absolute Gasteiger partial charge is 0.179 e. The second-order valence-electron chi connectivity index (χ2n) is 4.53. The Morgan fingerprint density at radius 1 is 1.11 bits per heavy atom. The van der Waals surface area contributed by atoms with E-state index in [4.69, 9.17) is 0 Å². The van der Waals surface area contributed by atoms with Crippen molar-refractivity contribution in [3.63, 3.8) is 0 Å². The Morgan fingerprint density at radius 3 is 2.05 bits per heavy atom. The van der Waals surface area contributed by atoms with Gasteiger partial charge in [-0.1, -0.05) is 0 Å². The van der Waals surface area contributed by atoms with Crippen LogP contribution in [0.4, 0.5) is 5.69 Å². The quantitative estimate of drug-likeness (QED) is 0.617. The summed E-state index contributed by atoms with van der Waals surface area (Å²) in [5.41, 5.74) is 0.974. The molecule has 4 nitrogen and oxygen atoms in total. The zero-order valence-electron chi connectivity index (χ0n) is 11.3. The van der Waals surface area contributed by atoms with Crippen LogP contribution in [0.2, 0.25) is 0 Å².